The lowest BCUT2D eigenvalue weighted by molar-refractivity contribution is 1.17. The first kappa shape index (κ1) is 9.20. The monoisotopic (exact) mass is 182 g/mol. The van der Waals surface area contributed by atoms with Gasteiger partial charge in [-0.15, -0.1) is 0 Å². The largest absolute Gasteiger partial charge is 0.369 e. The maximum absolute atomic E-state index is 11.0. The van der Waals surface area contributed by atoms with Gasteiger partial charge in [0.1, 0.15) is 0 Å². The van der Waals surface area contributed by atoms with Gasteiger partial charge in [0.25, 0.3) is 5.56 Å². The predicted octanol–water partition coefficient (Wildman–Crippen LogP) is -1.20. The van der Waals surface area contributed by atoms with Gasteiger partial charge in [-0.1, -0.05) is 0 Å². The number of nitrogens with one attached hydrogen (secondary N) is 2. The third-order valence-corrected chi connectivity index (χ3v) is 1.31. The molecule has 0 aliphatic heterocycles. The van der Waals surface area contributed by atoms with Crippen LogP contribution in [0, 0.1) is 0 Å². The number of fused-ring (bicyclic) bond motifs is 1. The average Bonchev–Trinajstić information content (AvgIpc) is 2.55. The summed E-state index contributed by atoms with van der Waals surface area (Å²) < 4.78 is 0. The van der Waals surface area contributed by atoms with Crippen LogP contribution in [0.25, 0.3) is 11.2 Å². The lowest BCUT2D eigenvalue weighted by Gasteiger charge is -1.89. The van der Waals surface area contributed by atoms with E-state index in [4.69, 9.17) is 5.73 Å². The molecular weight excluding hydrogens is 172 g/mol. The summed E-state index contributed by atoms with van der Waals surface area (Å²) >= 11 is 0. The maximum Gasteiger partial charge on any atom is 0.278 e. The van der Waals surface area contributed by atoms with Crippen LogP contribution in [0.4, 0.5) is 5.95 Å². The van der Waals surface area contributed by atoms with E-state index >= 15 is 0 Å². The molecule has 0 aromatic carbocycles. The zero-order valence-corrected chi connectivity index (χ0v) is 7.03. The zero-order valence-electron chi connectivity index (χ0n) is 7.03. The third-order valence-electron chi connectivity index (χ3n) is 1.31. The summed E-state index contributed by atoms with van der Waals surface area (Å²) in [6, 6.07) is 0. The van der Waals surface area contributed by atoms with Crippen molar-refractivity contribution in [3.63, 3.8) is 0 Å². The van der Waals surface area contributed by atoms with Crippen LogP contribution in [0.2, 0.25) is 0 Å². The molecule has 0 radical (unpaired) electrons. The summed E-state index contributed by atoms with van der Waals surface area (Å²) in [5.41, 5.74) is 10.1. The number of H-pyrrole nitrogens is 2. The van der Waals surface area contributed by atoms with Crippen LogP contribution >= 0.6 is 0 Å². The second kappa shape index (κ2) is 3.68. The Morgan fingerprint density at radius 1 is 1.46 bits per heavy atom. The van der Waals surface area contributed by atoms with Crippen LogP contribution in [0.5, 0.6) is 0 Å². The zero-order chi connectivity index (χ0) is 9.84. The molecule has 0 spiro atoms. The summed E-state index contributed by atoms with van der Waals surface area (Å²) in [4.78, 5) is 23.5. The fourth-order valence-corrected chi connectivity index (χ4v) is 0.860. The number of aromatic amines is 2. The van der Waals surface area contributed by atoms with Gasteiger partial charge in [0.15, 0.2) is 11.2 Å². The van der Waals surface area contributed by atoms with E-state index in [0.717, 1.165) is 0 Å². The molecule has 0 aliphatic carbocycles. The fraction of sp³-hybridized carbons (Fsp3) is 0.167. The molecule has 0 unspecified atom stereocenters. The quantitative estimate of drug-likeness (QED) is 0.407. The molecule has 2 aromatic heterocycles. The van der Waals surface area contributed by atoms with E-state index in [2.05, 4.69) is 25.7 Å². The van der Waals surface area contributed by atoms with Crippen molar-refractivity contribution in [2.24, 2.45) is 5.73 Å². The Kier molecular flexibility index (Phi) is 2.60. The van der Waals surface area contributed by atoms with Crippen molar-refractivity contribution in [1.29, 1.82) is 0 Å². The Labute approximate surface area is 73.2 Å². The first-order valence-corrected chi connectivity index (χ1v) is 3.54. The number of aromatic nitrogens is 4. The first-order chi connectivity index (χ1) is 6.27. The van der Waals surface area contributed by atoms with E-state index in [0.29, 0.717) is 11.2 Å². The minimum atomic E-state index is -0.301. The highest BCUT2D eigenvalue weighted by Crippen LogP contribution is 1.98. The summed E-state index contributed by atoms with van der Waals surface area (Å²) in [7, 11) is 1.50. The van der Waals surface area contributed by atoms with E-state index in [1.165, 1.54) is 13.4 Å². The van der Waals surface area contributed by atoms with Crippen LogP contribution in [0.15, 0.2) is 11.1 Å². The second-order valence-corrected chi connectivity index (χ2v) is 2.05. The second-order valence-electron chi connectivity index (χ2n) is 2.05. The van der Waals surface area contributed by atoms with E-state index in [1.807, 2.05) is 0 Å². The smallest absolute Gasteiger partial charge is 0.278 e. The SMILES string of the molecule is CN.Nc1nc2nc[nH]c2c(=O)[nH]1. The van der Waals surface area contributed by atoms with Gasteiger partial charge in [0, 0.05) is 0 Å². The summed E-state index contributed by atoms with van der Waals surface area (Å²) in [6.07, 6.45) is 1.40. The number of nitrogens with two attached hydrogens (primary N) is 2. The van der Waals surface area contributed by atoms with Crippen molar-refractivity contribution in [2.75, 3.05) is 12.8 Å². The van der Waals surface area contributed by atoms with Gasteiger partial charge in [-0.3, -0.25) is 9.78 Å². The molecule has 0 amide bonds. The highest BCUT2D eigenvalue weighted by Gasteiger charge is 2.01. The van der Waals surface area contributed by atoms with Gasteiger partial charge in [0.05, 0.1) is 6.33 Å². The summed E-state index contributed by atoms with van der Waals surface area (Å²) in [6.45, 7) is 0. The van der Waals surface area contributed by atoms with Gasteiger partial charge >= 0.3 is 0 Å². The lowest BCUT2D eigenvalue weighted by Crippen LogP contribution is -2.10. The molecule has 0 saturated carbocycles. The van der Waals surface area contributed by atoms with Crippen molar-refractivity contribution in [3.05, 3.63) is 16.7 Å². The molecule has 2 rings (SSSR count). The van der Waals surface area contributed by atoms with Gasteiger partial charge in [-0.25, -0.2) is 4.98 Å². The molecule has 2 aromatic rings. The van der Waals surface area contributed by atoms with Gasteiger partial charge in [0.2, 0.25) is 5.95 Å². The molecule has 0 saturated heterocycles. The van der Waals surface area contributed by atoms with Crippen molar-refractivity contribution in [1.82, 2.24) is 19.9 Å². The minimum absolute atomic E-state index is 0.0783. The van der Waals surface area contributed by atoms with Gasteiger partial charge in [-0.05, 0) is 7.05 Å². The molecule has 2 heterocycles. The van der Waals surface area contributed by atoms with Crippen molar-refractivity contribution in [3.8, 4) is 0 Å². The number of hydrogen-bond donors (Lipinski definition) is 4. The highest BCUT2D eigenvalue weighted by molar-refractivity contribution is 5.69. The van der Waals surface area contributed by atoms with Crippen LogP contribution in [-0.2, 0) is 0 Å². The fourth-order valence-electron chi connectivity index (χ4n) is 0.860. The summed E-state index contributed by atoms with van der Waals surface area (Å²) in [5.74, 6) is 0.0783. The van der Waals surface area contributed by atoms with E-state index in [-0.39, 0.29) is 11.5 Å². The van der Waals surface area contributed by atoms with Crippen LogP contribution < -0.4 is 17.0 Å². The number of nitrogen functional groups attached to an aromatic ring is 1. The molecule has 0 bridgehead atoms. The van der Waals surface area contributed by atoms with Crippen LogP contribution in [0.1, 0.15) is 0 Å². The van der Waals surface area contributed by atoms with Crippen LogP contribution in [0.3, 0.4) is 0 Å². The van der Waals surface area contributed by atoms with E-state index < -0.39 is 0 Å². The van der Waals surface area contributed by atoms with Crippen molar-refractivity contribution in [2.45, 2.75) is 0 Å². The average molecular weight is 182 g/mol. The standard InChI is InChI=1S/C5H5N5O.CH5N/c6-5-9-3-2(4(11)10-5)7-1-8-3;1-2/h1H,(H4,6,7,8,9,10,11);2H2,1H3. The molecule has 7 nitrogen and oxygen atoms in total. The Morgan fingerprint density at radius 3 is 2.85 bits per heavy atom. The van der Waals surface area contributed by atoms with E-state index in [9.17, 15) is 4.79 Å². The molecule has 6 N–H and O–H groups in total. The molecule has 13 heavy (non-hydrogen) atoms. The van der Waals surface area contributed by atoms with E-state index in [1.54, 1.807) is 0 Å². The van der Waals surface area contributed by atoms with Crippen LogP contribution in [-0.4, -0.2) is 27.0 Å². The number of imidazole rings is 1. The number of rotatable bonds is 0. The molecular formula is C6H10N6O. The molecule has 7 heteroatoms. The molecule has 0 aliphatic rings. The molecule has 0 atom stereocenters. The summed E-state index contributed by atoms with van der Waals surface area (Å²) in [5, 5.41) is 0. The highest BCUT2D eigenvalue weighted by atomic mass is 16.1. The normalized spacial score (nSPS) is 9.38. The Hall–Kier alpha value is -1.89. The molecule has 0 fully saturated rings. The minimum Gasteiger partial charge on any atom is -0.369 e. The molecule has 70 valence electrons. The Morgan fingerprint density at radius 2 is 2.15 bits per heavy atom. The van der Waals surface area contributed by atoms with Crippen molar-refractivity contribution >= 4 is 17.1 Å². The topological polar surface area (TPSA) is 126 Å². The van der Waals surface area contributed by atoms with Crippen molar-refractivity contribution < 1.29 is 0 Å². The number of nitrogens with zero attached hydrogens (tertiary/aromatic N) is 2. The van der Waals surface area contributed by atoms with Gasteiger partial charge < -0.3 is 16.5 Å². The maximum atomic E-state index is 11.0. The van der Waals surface area contributed by atoms with Gasteiger partial charge in [-0.2, -0.15) is 4.98 Å². The Bertz CT molecular complexity index is 444. The predicted molar refractivity (Wildman–Crippen MR) is 49.0 cm³/mol. The number of anilines is 1. The Balaban J connectivity index is 0.000000396. The third kappa shape index (κ3) is 1.64. The number of hydrogen-bond acceptors (Lipinski definition) is 5. The lowest BCUT2D eigenvalue weighted by atomic mass is 10.5. The first-order valence-electron chi connectivity index (χ1n) is 3.54.